The summed E-state index contributed by atoms with van der Waals surface area (Å²) in [7, 11) is 1.30. The Balaban J connectivity index is 1.86. The van der Waals surface area contributed by atoms with E-state index in [-0.39, 0.29) is 18.1 Å². The molecule has 2 aromatic carbocycles. The molecule has 0 aliphatic carbocycles. The highest BCUT2D eigenvalue weighted by molar-refractivity contribution is 6.15. The van der Waals surface area contributed by atoms with Gasteiger partial charge in [-0.15, -0.1) is 0 Å². The highest BCUT2D eigenvalue weighted by Gasteiger charge is 2.30. The topological polar surface area (TPSA) is 61.8 Å². The zero-order valence-corrected chi connectivity index (χ0v) is 14.3. The Morgan fingerprint density at radius 1 is 1.16 bits per heavy atom. The van der Waals surface area contributed by atoms with Crippen LogP contribution in [0.4, 0.5) is 0 Å². The summed E-state index contributed by atoms with van der Waals surface area (Å²) in [5, 5.41) is 0. The molecule has 2 aromatic rings. The Hall–Kier alpha value is -3.08. The minimum Gasteiger partial charge on any atom is -0.482 e. The number of hydrogen-bond donors (Lipinski definition) is 0. The van der Waals surface area contributed by atoms with Crippen LogP contribution in [0.15, 0.2) is 42.2 Å². The highest BCUT2D eigenvalue weighted by atomic mass is 16.6. The fourth-order valence-electron chi connectivity index (χ4n) is 2.58. The predicted molar refractivity (Wildman–Crippen MR) is 92.8 cm³/mol. The van der Waals surface area contributed by atoms with Crippen molar-refractivity contribution in [3.8, 4) is 11.5 Å². The van der Waals surface area contributed by atoms with Gasteiger partial charge < -0.3 is 14.2 Å². The van der Waals surface area contributed by atoms with Crippen molar-refractivity contribution in [2.24, 2.45) is 0 Å². The summed E-state index contributed by atoms with van der Waals surface area (Å²) >= 11 is 0. The number of allylic oxidation sites excluding steroid dienone is 1. The van der Waals surface area contributed by atoms with Crippen molar-refractivity contribution in [1.29, 1.82) is 0 Å². The van der Waals surface area contributed by atoms with E-state index in [4.69, 9.17) is 9.47 Å². The lowest BCUT2D eigenvalue weighted by molar-refractivity contribution is -0.142. The second-order valence-corrected chi connectivity index (χ2v) is 5.83. The molecule has 0 aromatic heterocycles. The van der Waals surface area contributed by atoms with Gasteiger partial charge in [0.1, 0.15) is 11.5 Å². The van der Waals surface area contributed by atoms with E-state index in [1.807, 2.05) is 31.2 Å². The number of fused-ring (bicyclic) bond motifs is 1. The Labute approximate surface area is 145 Å². The fraction of sp³-hybridized carbons (Fsp3) is 0.200. The fourth-order valence-corrected chi connectivity index (χ4v) is 2.58. The van der Waals surface area contributed by atoms with Crippen LogP contribution in [0.25, 0.3) is 6.08 Å². The second-order valence-electron chi connectivity index (χ2n) is 5.83. The van der Waals surface area contributed by atoms with Crippen molar-refractivity contribution in [2.75, 3.05) is 13.7 Å². The van der Waals surface area contributed by atoms with Crippen LogP contribution in [0.5, 0.6) is 11.5 Å². The third-order valence-electron chi connectivity index (χ3n) is 3.90. The smallest absolute Gasteiger partial charge is 0.343 e. The Morgan fingerprint density at radius 3 is 2.56 bits per heavy atom. The molecule has 0 saturated heterocycles. The van der Waals surface area contributed by atoms with Crippen LogP contribution in [-0.2, 0) is 9.53 Å². The average Bonchev–Trinajstić information content (AvgIpc) is 2.91. The first-order chi connectivity index (χ1) is 12.0. The van der Waals surface area contributed by atoms with Gasteiger partial charge in [-0.25, -0.2) is 4.79 Å². The molecule has 1 aliphatic rings. The largest absolute Gasteiger partial charge is 0.482 e. The Kier molecular flexibility index (Phi) is 4.57. The number of esters is 1. The Bertz CT molecular complexity index is 862. The van der Waals surface area contributed by atoms with E-state index >= 15 is 0 Å². The molecular formula is C20H18O5. The van der Waals surface area contributed by atoms with E-state index in [1.54, 1.807) is 25.1 Å². The molecule has 25 heavy (non-hydrogen) atoms. The lowest BCUT2D eigenvalue weighted by Crippen LogP contribution is -2.12. The van der Waals surface area contributed by atoms with Crippen molar-refractivity contribution < 1.29 is 23.8 Å². The summed E-state index contributed by atoms with van der Waals surface area (Å²) in [6.07, 6.45) is 1.72. The molecule has 5 heteroatoms. The van der Waals surface area contributed by atoms with Gasteiger partial charge in [-0.1, -0.05) is 29.8 Å². The minimum atomic E-state index is -0.477. The zero-order valence-electron chi connectivity index (χ0n) is 14.3. The zero-order chi connectivity index (χ0) is 18.0. The maximum Gasteiger partial charge on any atom is 0.343 e. The van der Waals surface area contributed by atoms with Crippen LogP contribution in [0.3, 0.4) is 0 Å². The summed E-state index contributed by atoms with van der Waals surface area (Å²) < 4.78 is 15.7. The number of carbonyl (C=O) groups is 2. The number of hydrogen-bond acceptors (Lipinski definition) is 5. The maximum atomic E-state index is 12.6. The number of benzene rings is 2. The number of carbonyl (C=O) groups excluding carboxylic acids is 2. The number of Topliss-reactive ketones (excluding diaryl/α,β-unsaturated/α-hetero) is 1. The lowest BCUT2D eigenvalue weighted by Gasteiger charge is -2.08. The summed E-state index contributed by atoms with van der Waals surface area (Å²) in [5.41, 5.74) is 3.28. The summed E-state index contributed by atoms with van der Waals surface area (Å²) in [6.45, 7) is 3.61. The molecular weight excluding hydrogens is 320 g/mol. The number of ketones is 1. The van der Waals surface area contributed by atoms with Gasteiger partial charge in [-0.05, 0) is 37.1 Å². The lowest BCUT2D eigenvalue weighted by atomic mass is 10.0. The molecule has 0 fully saturated rings. The standard InChI is InChI=1S/C20H18O5/c1-12-4-6-14(7-5-12)9-17-20(22)19-13(2)8-15(10-16(19)25-17)24-11-18(21)23-3/h4-10H,11H2,1-3H3/b17-9-. The normalized spacial score (nSPS) is 14.2. The number of ether oxygens (including phenoxy) is 3. The van der Waals surface area contributed by atoms with E-state index in [9.17, 15) is 9.59 Å². The molecule has 0 atom stereocenters. The predicted octanol–water partition coefficient (Wildman–Crippen LogP) is 3.47. The molecule has 0 spiro atoms. The van der Waals surface area contributed by atoms with Crippen molar-refractivity contribution in [2.45, 2.75) is 13.8 Å². The molecule has 128 valence electrons. The van der Waals surface area contributed by atoms with Crippen molar-refractivity contribution in [1.82, 2.24) is 0 Å². The first-order valence-corrected chi connectivity index (χ1v) is 7.83. The van der Waals surface area contributed by atoms with Gasteiger partial charge in [0.2, 0.25) is 5.78 Å². The minimum absolute atomic E-state index is 0.160. The maximum absolute atomic E-state index is 12.6. The molecule has 0 unspecified atom stereocenters. The van der Waals surface area contributed by atoms with Gasteiger partial charge in [0.15, 0.2) is 12.4 Å². The van der Waals surface area contributed by atoms with Gasteiger partial charge >= 0.3 is 5.97 Å². The molecule has 3 rings (SSSR count). The van der Waals surface area contributed by atoms with Crippen LogP contribution in [-0.4, -0.2) is 25.5 Å². The molecule has 0 bridgehead atoms. The number of rotatable bonds is 4. The van der Waals surface area contributed by atoms with E-state index in [0.29, 0.717) is 17.1 Å². The highest BCUT2D eigenvalue weighted by Crippen LogP contribution is 2.37. The van der Waals surface area contributed by atoms with Crippen molar-refractivity contribution in [3.05, 3.63) is 64.4 Å². The summed E-state index contributed by atoms with van der Waals surface area (Å²) in [4.78, 5) is 23.8. The second kappa shape index (κ2) is 6.81. The van der Waals surface area contributed by atoms with Gasteiger partial charge in [-0.3, -0.25) is 4.79 Å². The number of methoxy groups -OCH3 is 1. The molecule has 0 saturated carbocycles. The molecule has 1 aliphatic heterocycles. The number of aryl methyl sites for hydroxylation is 2. The molecule has 0 N–H and O–H groups in total. The van der Waals surface area contributed by atoms with Crippen LogP contribution in [0, 0.1) is 13.8 Å². The van der Waals surface area contributed by atoms with E-state index < -0.39 is 5.97 Å². The SMILES string of the molecule is COC(=O)COc1cc(C)c2c(c1)O/C(=C\c1ccc(C)cc1)C2=O. The van der Waals surface area contributed by atoms with E-state index in [2.05, 4.69) is 4.74 Å². The van der Waals surface area contributed by atoms with Crippen LogP contribution in [0.1, 0.15) is 27.0 Å². The third-order valence-corrected chi connectivity index (χ3v) is 3.90. The molecule has 0 radical (unpaired) electrons. The Morgan fingerprint density at radius 2 is 1.88 bits per heavy atom. The molecule has 1 heterocycles. The van der Waals surface area contributed by atoms with Crippen LogP contribution in [0.2, 0.25) is 0 Å². The molecule has 5 nitrogen and oxygen atoms in total. The average molecular weight is 338 g/mol. The monoisotopic (exact) mass is 338 g/mol. The van der Waals surface area contributed by atoms with Crippen molar-refractivity contribution in [3.63, 3.8) is 0 Å². The molecule has 0 amide bonds. The first-order valence-electron chi connectivity index (χ1n) is 7.83. The van der Waals surface area contributed by atoms with E-state index in [1.165, 1.54) is 7.11 Å². The van der Waals surface area contributed by atoms with Crippen LogP contribution < -0.4 is 9.47 Å². The first kappa shape index (κ1) is 16.8. The van der Waals surface area contributed by atoms with E-state index in [0.717, 1.165) is 16.7 Å². The van der Waals surface area contributed by atoms with Gasteiger partial charge in [0.05, 0.1) is 12.7 Å². The van der Waals surface area contributed by atoms with Crippen molar-refractivity contribution >= 4 is 17.8 Å². The third kappa shape index (κ3) is 3.55. The quantitative estimate of drug-likeness (QED) is 0.631. The summed E-state index contributed by atoms with van der Waals surface area (Å²) in [6, 6.07) is 11.1. The van der Waals surface area contributed by atoms with Gasteiger partial charge in [0, 0.05) is 6.07 Å². The summed E-state index contributed by atoms with van der Waals surface area (Å²) in [5.74, 6) is 0.518. The van der Waals surface area contributed by atoms with Crippen LogP contribution >= 0.6 is 0 Å². The van der Waals surface area contributed by atoms with Gasteiger partial charge in [0.25, 0.3) is 0 Å². The van der Waals surface area contributed by atoms with Gasteiger partial charge in [-0.2, -0.15) is 0 Å².